The van der Waals surface area contributed by atoms with Gasteiger partial charge in [0.1, 0.15) is 28.1 Å². The van der Waals surface area contributed by atoms with E-state index in [4.69, 9.17) is 28.1 Å². The smallest absolute Gasteiger partial charge is 0.204 e. The lowest BCUT2D eigenvalue weighted by Gasteiger charge is -2.23. The molecule has 0 radical (unpaired) electrons. The van der Waals surface area contributed by atoms with Gasteiger partial charge in [0, 0.05) is 26.4 Å². The second-order valence-electron chi connectivity index (χ2n) is 7.03. The Kier molecular flexibility index (Phi) is 6.19. The number of phenolic OH excluding ortho intramolecular Hbond substituents is 1. The maximum absolute atomic E-state index is 13.2. The standard InChI is InChI=1S/C22H24O8/c1-6-22(2,3)30-15-8-7-14-19(23)18-16(28-12-26-5)9-13(27-11-25-4)10-17(18)29-21(14)20(15)24/h6-10,24H,1,11-12H2,2-5H3. The summed E-state index contributed by atoms with van der Waals surface area (Å²) >= 11 is 0. The Morgan fingerprint density at radius 1 is 1.10 bits per heavy atom. The first-order valence-corrected chi connectivity index (χ1v) is 9.14. The van der Waals surface area contributed by atoms with Gasteiger partial charge in [0.15, 0.2) is 24.9 Å². The first-order chi connectivity index (χ1) is 14.3. The van der Waals surface area contributed by atoms with Crippen LogP contribution in [0.25, 0.3) is 21.9 Å². The molecule has 0 aliphatic heterocycles. The average molecular weight is 416 g/mol. The van der Waals surface area contributed by atoms with Crippen LogP contribution in [0, 0.1) is 0 Å². The third kappa shape index (κ3) is 4.19. The maximum Gasteiger partial charge on any atom is 0.204 e. The average Bonchev–Trinajstić information content (AvgIpc) is 2.72. The van der Waals surface area contributed by atoms with E-state index in [1.165, 1.54) is 32.4 Å². The van der Waals surface area contributed by atoms with Crippen LogP contribution in [-0.4, -0.2) is 38.5 Å². The van der Waals surface area contributed by atoms with E-state index >= 15 is 0 Å². The van der Waals surface area contributed by atoms with Gasteiger partial charge in [-0.15, -0.1) is 0 Å². The molecule has 8 nitrogen and oxygen atoms in total. The van der Waals surface area contributed by atoms with Crippen molar-refractivity contribution in [2.24, 2.45) is 0 Å². The van der Waals surface area contributed by atoms with Crippen molar-refractivity contribution < 1.29 is 33.2 Å². The molecule has 0 saturated heterocycles. The van der Waals surface area contributed by atoms with Gasteiger partial charge >= 0.3 is 0 Å². The van der Waals surface area contributed by atoms with Crippen LogP contribution in [0.1, 0.15) is 13.8 Å². The van der Waals surface area contributed by atoms with E-state index in [0.717, 1.165) is 0 Å². The zero-order valence-corrected chi connectivity index (χ0v) is 17.3. The highest BCUT2D eigenvalue weighted by Crippen LogP contribution is 2.39. The highest BCUT2D eigenvalue weighted by Gasteiger charge is 2.22. The summed E-state index contributed by atoms with van der Waals surface area (Å²) in [6, 6.07) is 6.12. The van der Waals surface area contributed by atoms with Gasteiger partial charge in [-0.2, -0.15) is 0 Å². The zero-order valence-electron chi connectivity index (χ0n) is 17.3. The molecule has 0 unspecified atom stereocenters. The number of hydrogen-bond acceptors (Lipinski definition) is 8. The Balaban J connectivity index is 2.25. The molecule has 160 valence electrons. The Hall–Kier alpha value is -3.23. The second-order valence-corrected chi connectivity index (χ2v) is 7.03. The minimum atomic E-state index is -0.732. The minimum Gasteiger partial charge on any atom is -0.502 e. The molecule has 1 aromatic heterocycles. The summed E-state index contributed by atoms with van der Waals surface area (Å²) in [7, 11) is 2.96. The summed E-state index contributed by atoms with van der Waals surface area (Å²) in [5.74, 6) is 0.461. The van der Waals surface area contributed by atoms with Crippen molar-refractivity contribution in [2.75, 3.05) is 27.8 Å². The maximum atomic E-state index is 13.2. The van der Waals surface area contributed by atoms with E-state index in [2.05, 4.69) is 6.58 Å². The van der Waals surface area contributed by atoms with E-state index < -0.39 is 5.60 Å². The van der Waals surface area contributed by atoms with Crippen LogP contribution in [-0.2, 0) is 9.47 Å². The molecule has 8 heteroatoms. The lowest BCUT2D eigenvalue weighted by atomic mass is 10.1. The van der Waals surface area contributed by atoms with Crippen LogP contribution >= 0.6 is 0 Å². The molecule has 30 heavy (non-hydrogen) atoms. The quantitative estimate of drug-likeness (QED) is 0.318. The van der Waals surface area contributed by atoms with Crippen LogP contribution in [0.4, 0.5) is 0 Å². The summed E-state index contributed by atoms with van der Waals surface area (Å²) in [6.07, 6.45) is 1.60. The van der Waals surface area contributed by atoms with E-state index in [1.54, 1.807) is 26.0 Å². The Morgan fingerprint density at radius 3 is 2.47 bits per heavy atom. The predicted octanol–water partition coefficient (Wildman–Crippen LogP) is 3.96. The largest absolute Gasteiger partial charge is 0.502 e. The normalized spacial score (nSPS) is 11.6. The number of fused-ring (bicyclic) bond motifs is 2. The van der Waals surface area contributed by atoms with Gasteiger partial charge in [0.05, 0.1) is 5.39 Å². The van der Waals surface area contributed by atoms with Gasteiger partial charge in [0.2, 0.25) is 11.2 Å². The molecule has 0 spiro atoms. The Labute approximate surface area is 173 Å². The number of aromatic hydroxyl groups is 1. The molecule has 0 atom stereocenters. The molecule has 0 aliphatic rings. The SMILES string of the molecule is C=CC(C)(C)Oc1ccc2c(=O)c3c(OCOC)cc(OCOC)cc3oc2c1O. The van der Waals surface area contributed by atoms with Crippen molar-refractivity contribution in [2.45, 2.75) is 19.4 Å². The predicted molar refractivity (Wildman–Crippen MR) is 112 cm³/mol. The Bertz CT molecular complexity index is 1130. The van der Waals surface area contributed by atoms with Gasteiger partial charge in [0.25, 0.3) is 0 Å². The lowest BCUT2D eigenvalue weighted by molar-refractivity contribution is 0.0467. The third-order valence-corrected chi connectivity index (χ3v) is 4.36. The van der Waals surface area contributed by atoms with Crippen molar-refractivity contribution in [1.29, 1.82) is 0 Å². The first kappa shape index (κ1) is 21.5. The van der Waals surface area contributed by atoms with Crippen LogP contribution in [0.2, 0.25) is 0 Å². The fourth-order valence-electron chi connectivity index (χ4n) is 2.80. The van der Waals surface area contributed by atoms with E-state index in [1.807, 2.05) is 0 Å². The fraction of sp³-hybridized carbons (Fsp3) is 0.318. The van der Waals surface area contributed by atoms with Crippen molar-refractivity contribution in [3.05, 3.63) is 47.1 Å². The summed E-state index contributed by atoms with van der Waals surface area (Å²) in [6.45, 7) is 7.22. The number of hydrogen-bond donors (Lipinski definition) is 1. The molecule has 3 rings (SSSR count). The van der Waals surface area contributed by atoms with Gasteiger partial charge < -0.3 is 33.2 Å². The van der Waals surface area contributed by atoms with E-state index in [0.29, 0.717) is 5.75 Å². The molecule has 1 heterocycles. The molecule has 2 aromatic carbocycles. The third-order valence-electron chi connectivity index (χ3n) is 4.36. The van der Waals surface area contributed by atoms with Crippen LogP contribution < -0.4 is 19.6 Å². The lowest BCUT2D eigenvalue weighted by Crippen LogP contribution is -2.24. The molecule has 0 aliphatic carbocycles. The van der Waals surface area contributed by atoms with Crippen LogP contribution in [0.5, 0.6) is 23.0 Å². The van der Waals surface area contributed by atoms with Crippen molar-refractivity contribution >= 4 is 21.9 Å². The van der Waals surface area contributed by atoms with Gasteiger partial charge in [-0.1, -0.05) is 6.58 Å². The van der Waals surface area contributed by atoms with Gasteiger partial charge in [-0.3, -0.25) is 4.79 Å². The highest BCUT2D eigenvalue weighted by molar-refractivity contribution is 5.96. The molecular formula is C22H24O8. The van der Waals surface area contributed by atoms with Crippen molar-refractivity contribution in [3.8, 4) is 23.0 Å². The summed E-state index contributed by atoms with van der Waals surface area (Å²) in [5.41, 5.74) is -0.945. The number of ether oxygens (including phenoxy) is 5. The molecule has 0 saturated carbocycles. The van der Waals surface area contributed by atoms with Crippen LogP contribution in [0.15, 0.2) is 46.1 Å². The number of rotatable bonds is 9. The van der Waals surface area contributed by atoms with Gasteiger partial charge in [-0.25, -0.2) is 0 Å². The molecule has 3 aromatic rings. The van der Waals surface area contributed by atoms with Crippen LogP contribution in [0.3, 0.4) is 0 Å². The highest BCUT2D eigenvalue weighted by atomic mass is 16.7. The molecule has 1 N–H and O–H groups in total. The van der Waals surface area contributed by atoms with Gasteiger partial charge in [-0.05, 0) is 32.1 Å². The monoisotopic (exact) mass is 416 g/mol. The topological polar surface area (TPSA) is 96.6 Å². The summed E-state index contributed by atoms with van der Waals surface area (Å²) in [4.78, 5) is 13.2. The fourth-order valence-corrected chi connectivity index (χ4v) is 2.80. The number of methoxy groups -OCH3 is 2. The number of phenols is 1. The second kappa shape index (κ2) is 8.64. The van der Waals surface area contributed by atoms with Crippen molar-refractivity contribution in [1.82, 2.24) is 0 Å². The molecule has 0 amide bonds. The minimum absolute atomic E-state index is 0.00703. The van der Waals surface area contributed by atoms with E-state index in [9.17, 15) is 9.90 Å². The summed E-state index contributed by atoms with van der Waals surface area (Å²) < 4.78 is 32.6. The first-order valence-electron chi connectivity index (χ1n) is 9.14. The van der Waals surface area contributed by atoms with E-state index in [-0.39, 0.29) is 58.2 Å². The molecular weight excluding hydrogens is 392 g/mol. The Morgan fingerprint density at radius 2 is 1.80 bits per heavy atom. The number of benzene rings is 2. The van der Waals surface area contributed by atoms with Crippen molar-refractivity contribution in [3.63, 3.8) is 0 Å². The molecule has 0 bridgehead atoms. The zero-order chi connectivity index (χ0) is 21.9. The summed E-state index contributed by atoms with van der Waals surface area (Å²) in [5, 5.41) is 11.1. The molecule has 0 fully saturated rings.